The fourth-order valence-corrected chi connectivity index (χ4v) is 13.2. The van der Waals surface area contributed by atoms with Gasteiger partial charge in [0.15, 0.2) is 0 Å². The molecule has 0 amide bonds. The first kappa shape index (κ1) is 26.9. The molecule has 4 rings (SSSR count). The van der Waals surface area contributed by atoms with Crippen LogP contribution in [0, 0.1) is 0 Å². The van der Waals surface area contributed by atoms with Crippen LogP contribution in [0.3, 0.4) is 0 Å². The van der Waals surface area contributed by atoms with E-state index in [2.05, 4.69) is 0 Å². The van der Waals surface area contributed by atoms with Crippen molar-refractivity contribution in [3.05, 3.63) is 120 Å². The Balaban J connectivity index is 1.64. The Morgan fingerprint density at radius 2 is 1.14 bits per heavy atom. The van der Waals surface area contributed by atoms with Crippen LogP contribution in [0.5, 0.6) is 0 Å². The number of benzene rings is 4. The van der Waals surface area contributed by atoms with E-state index in [-0.39, 0.29) is 19.6 Å². The van der Waals surface area contributed by atoms with E-state index >= 15 is 0 Å². The van der Waals surface area contributed by atoms with E-state index in [9.17, 15) is 16.8 Å². The molecule has 186 valence electrons. The fourth-order valence-electron chi connectivity index (χ4n) is 3.38. The predicted octanol–water partition coefficient (Wildman–Crippen LogP) is 7.12. The van der Waals surface area contributed by atoms with Crippen LogP contribution in [0.4, 0.5) is 0 Å². The average Bonchev–Trinajstić information content (AvgIpc) is 2.89. The maximum atomic E-state index is 13.5. The molecule has 0 unspecified atom stereocenters. The predicted molar refractivity (Wildman–Crippen MR) is 152 cm³/mol. The fraction of sp³-hybridized carbons (Fsp3) is 0.111. The van der Waals surface area contributed by atoms with Gasteiger partial charge in [0.05, 0.1) is 9.79 Å². The van der Waals surface area contributed by atoms with E-state index in [0.717, 1.165) is 22.4 Å². The summed E-state index contributed by atoms with van der Waals surface area (Å²) in [5.41, 5.74) is 2.28. The van der Waals surface area contributed by atoms with E-state index in [0.29, 0.717) is 16.4 Å². The quantitative estimate of drug-likeness (QED) is 0.140. The van der Waals surface area contributed by atoms with Gasteiger partial charge in [0.1, 0.15) is 9.83 Å². The van der Waals surface area contributed by atoms with Crippen molar-refractivity contribution >= 4 is 51.1 Å². The van der Waals surface area contributed by atoms with Crippen LogP contribution in [0.2, 0.25) is 0 Å². The normalized spacial score (nSPS) is 11.9. The Morgan fingerprint density at radius 1 is 0.556 bits per heavy atom. The summed E-state index contributed by atoms with van der Waals surface area (Å²) in [6.45, 7) is 0. The summed E-state index contributed by atoms with van der Waals surface area (Å²) in [4.78, 5) is 1.40. The van der Waals surface area contributed by atoms with E-state index in [1.165, 1.54) is 30.0 Å². The SMILES string of the molecule is O=S(=O)(SS(=O)(=O)c1cccc(SCc2ccccc2)c1SCCc1ccccc1)c1ccccc1. The summed E-state index contributed by atoms with van der Waals surface area (Å²) in [5.74, 6) is 1.33. The number of hydrogen-bond donors (Lipinski definition) is 0. The monoisotopic (exact) mass is 572 g/mol. The van der Waals surface area contributed by atoms with Crippen LogP contribution in [0.1, 0.15) is 11.1 Å². The first-order valence-electron chi connectivity index (χ1n) is 11.1. The molecule has 4 aromatic rings. The number of hydrogen-bond acceptors (Lipinski definition) is 7. The molecular weight excluding hydrogens is 549 g/mol. The van der Waals surface area contributed by atoms with E-state index in [1.54, 1.807) is 36.0 Å². The summed E-state index contributed by atoms with van der Waals surface area (Å²) in [5, 5.41) is 0. The second-order valence-corrected chi connectivity index (χ2v) is 17.0. The van der Waals surface area contributed by atoms with Crippen LogP contribution in [-0.4, -0.2) is 22.6 Å². The van der Waals surface area contributed by atoms with Gasteiger partial charge in [0.25, 0.3) is 0 Å². The molecule has 0 heterocycles. The molecule has 0 bridgehead atoms. The molecule has 9 heteroatoms. The highest BCUT2D eigenvalue weighted by Crippen LogP contribution is 2.42. The van der Waals surface area contributed by atoms with Crippen LogP contribution in [0.15, 0.2) is 129 Å². The largest absolute Gasteiger partial charge is 0.246 e. The average molecular weight is 573 g/mol. The zero-order chi connectivity index (χ0) is 25.4. The second-order valence-electron chi connectivity index (χ2n) is 7.73. The van der Waals surface area contributed by atoms with Crippen molar-refractivity contribution in [1.82, 2.24) is 0 Å². The lowest BCUT2D eigenvalue weighted by molar-refractivity contribution is 0.607. The third-order valence-corrected chi connectivity index (χ3v) is 15.2. The zero-order valence-electron chi connectivity index (χ0n) is 19.2. The molecule has 0 atom stereocenters. The van der Waals surface area contributed by atoms with Crippen molar-refractivity contribution in [3.8, 4) is 0 Å². The zero-order valence-corrected chi connectivity index (χ0v) is 23.3. The Morgan fingerprint density at radius 3 is 1.78 bits per heavy atom. The van der Waals surface area contributed by atoms with Gasteiger partial charge in [-0.25, -0.2) is 16.8 Å². The van der Waals surface area contributed by atoms with Crippen LogP contribution in [-0.2, 0) is 29.9 Å². The summed E-state index contributed by atoms with van der Waals surface area (Å²) < 4.78 is 52.7. The van der Waals surface area contributed by atoms with Gasteiger partial charge < -0.3 is 0 Å². The highest BCUT2D eigenvalue weighted by molar-refractivity contribution is 9.04. The Labute approximate surface area is 224 Å². The van der Waals surface area contributed by atoms with Gasteiger partial charge >= 0.3 is 0 Å². The maximum Gasteiger partial charge on any atom is 0.246 e. The number of rotatable bonds is 11. The summed E-state index contributed by atoms with van der Waals surface area (Å²) in [6, 6.07) is 32.7. The first-order valence-corrected chi connectivity index (χ1v) is 17.9. The van der Waals surface area contributed by atoms with Crippen molar-refractivity contribution in [2.75, 3.05) is 5.75 Å². The van der Waals surface area contributed by atoms with Crippen molar-refractivity contribution in [2.45, 2.75) is 31.8 Å². The van der Waals surface area contributed by atoms with Gasteiger partial charge in [-0.05, 0) is 41.8 Å². The van der Waals surface area contributed by atoms with E-state index in [4.69, 9.17) is 0 Å². The maximum absolute atomic E-state index is 13.5. The highest BCUT2D eigenvalue weighted by atomic mass is 33.5. The molecule has 0 aromatic heterocycles. The lowest BCUT2D eigenvalue weighted by Crippen LogP contribution is -2.05. The highest BCUT2D eigenvalue weighted by Gasteiger charge is 2.30. The molecular formula is C27H24O4S5. The van der Waals surface area contributed by atoms with Gasteiger partial charge in [0.2, 0.25) is 17.7 Å². The molecule has 4 nitrogen and oxygen atoms in total. The Bertz CT molecular complexity index is 1490. The first-order chi connectivity index (χ1) is 17.4. The van der Waals surface area contributed by atoms with Gasteiger partial charge in [0, 0.05) is 21.3 Å². The lowest BCUT2D eigenvalue weighted by atomic mass is 10.2. The number of aryl methyl sites for hydroxylation is 1. The standard InChI is InChI=1S/C27H24O4S5/c28-35(29,24-15-8-3-9-16-24)34-36(30,31)26-18-10-17-25(33-21-23-13-6-2-7-14-23)27(26)32-20-19-22-11-4-1-5-12-22/h1-18H,19-21H2. The third kappa shape index (κ3) is 7.20. The Hall–Kier alpha value is -2.17. The third-order valence-electron chi connectivity index (χ3n) is 5.14. The van der Waals surface area contributed by atoms with E-state index < -0.39 is 17.7 Å². The van der Waals surface area contributed by atoms with Crippen molar-refractivity contribution < 1.29 is 16.8 Å². The van der Waals surface area contributed by atoms with Gasteiger partial charge in [-0.15, -0.1) is 23.5 Å². The molecule has 0 N–H and O–H groups in total. The van der Waals surface area contributed by atoms with Gasteiger partial charge in [-0.2, -0.15) is 0 Å². The van der Waals surface area contributed by atoms with Crippen molar-refractivity contribution in [2.24, 2.45) is 0 Å². The molecule has 0 saturated carbocycles. The van der Waals surface area contributed by atoms with Crippen molar-refractivity contribution in [3.63, 3.8) is 0 Å². The summed E-state index contributed by atoms with van der Waals surface area (Å²) >= 11 is 2.99. The van der Waals surface area contributed by atoms with Crippen LogP contribution in [0.25, 0.3) is 0 Å². The number of thioether (sulfide) groups is 2. The topological polar surface area (TPSA) is 68.3 Å². The molecule has 0 aliphatic rings. The van der Waals surface area contributed by atoms with Crippen molar-refractivity contribution in [1.29, 1.82) is 0 Å². The molecule has 0 spiro atoms. The summed E-state index contributed by atoms with van der Waals surface area (Å²) in [6.07, 6.45) is 0.762. The molecule has 4 aromatic carbocycles. The van der Waals surface area contributed by atoms with Gasteiger partial charge in [-0.3, -0.25) is 0 Å². The lowest BCUT2D eigenvalue weighted by Gasteiger charge is -2.15. The minimum Gasteiger partial charge on any atom is -0.211 e. The minimum absolute atomic E-state index is 0.000597. The smallest absolute Gasteiger partial charge is 0.211 e. The van der Waals surface area contributed by atoms with Crippen LogP contribution < -0.4 is 0 Å². The Kier molecular flexibility index (Phi) is 9.25. The molecule has 36 heavy (non-hydrogen) atoms. The molecule has 0 saturated heterocycles. The van der Waals surface area contributed by atoms with Gasteiger partial charge in [-0.1, -0.05) is 84.9 Å². The molecule has 0 aliphatic heterocycles. The molecule has 0 fully saturated rings. The second kappa shape index (κ2) is 12.4. The van der Waals surface area contributed by atoms with E-state index in [1.807, 2.05) is 66.7 Å². The summed E-state index contributed by atoms with van der Waals surface area (Å²) in [7, 11) is -8.31. The minimum atomic E-state index is -4.20. The molecule has 0 radical (unpaired) electrons. The van der Waals surface area contributed by atoms with Crippen LogP contribution >= 0.6 is 33.3 Å². The molecule has 0 aliphatic carbocycles.